The van der Waals surface area contributed by atoms with E-state index in [1.807, 2.05) is 6.07 Å². The van der Waals surface area contributed by atoms with Crippen molar-refractivity contribution in [2.75, 3.05) is 0 Å². The Balaban J connectivity index is 1.54. The highest BCUT2D eigenvalue weighted by molar-refractivity contribution is 7.90. The summed E-state index contributed by atoms with van der Waals surface area (Å²) in [5.74, 6) is 0.510. The third-order valence-corrected chi connectivity index (χ3v) is 7.70. The first kappa shape index (κ1) is 23.4. The topological polar surface area (TPSA) is 104 Å². The van der Waals surface area contributed by atoms with Crippen LogP contribution in [0.15, 0.2) is 84.3 Å². The second-order valence-electron chi connectivity index (χ2n) is 7.89. The predicted octanol–water partition coefficient (Wildman–Crippen LogP) is 5.09. The molecule has 3 heterocycles. The Morgan fingerprint density at radius 2 is 1.60 bits per heavy atom. The SMILES string of the molecule is NCc1ccc(Cl)cc1-c1ncc(Cc2cn(S(=O)(=O)c3ccccc3)c3ncc(Cl)cc23)cn1. The van der Waals surface area contributed by atoms with Crippen molar-refractivity contribution in [2.24, 2.45) is 5.73 Å². The van der Waals surface area contributed by atoms with Crippen LogP contribution in [0.1, 0.15) is 16.7 Å². The smallest absolute Gasteiger partial charge is 0.269 e. The van der Waals surface area contributed by atoms with E-state index in [1.54, 1.807) is 67.1 Å². The van der Waals surface area contributed by atoms with Gasteiger partial charge in [-0.25, -0.2) is 27.3 Å². The van der Waals surface area contributed by atoms with Crippen molar-refractivity contribution in [1.82, 2.24) is 18.9 Å². The van der Waals surface area contributed by atoms with Crippen LogP contribution in [0.5, 0.6) is 0 Å². The van der Waals surface area contributed by atoms with Crippen LogP contribution in [-0.4, -0.2) is 27.3 Å². The van der Waals surface area contributed by atoms with E-state index in [4.69, 9.17) is 28.9 Å². The molecule has 0 bridgehead atoms. The van der Waals surface area contributed by atoms with E-state index in [0.29, 0.717) is 39.9 Å². The average molecular weight is 524 g/mol. The number of halogens is 2. The third-order valence-electron chi connectivity index (χ3n) is 5.59. The molecule has 3 aromatic heterocycles. The molecule has 0 fully saturated rings. The summed E-state index contributed by atoms with van der Waals surface area (Å²) < 4.78 is 27.9. The molecule has 0 spiro atoms. The molecule has 0 amide bonds. The van der Waals surface area contributed by atoms with E-state index in [9.17, 15) is 8.42 Å². The van der Waals surface area contributed by atoms with Gasteiger partial charge >= 0.3 is 0 Å². The van der Waals surface area contributed by atoms with Crippen molar-refractivity contribution < 1.29 is 8.42 Å². The van der Waals surface area contributed by atoms with Gasteiger partial charge in [0.2, 0.25) is 0 Å². The molecule has 0 saturated heterocycles. The maximum atomic E-state index is 13.3. The molecular weight excluding hydrogens is 505 g/mol. The van der Waals surface area contributed by atoms with E-state index in [2.05, 4.69) is 15.0 Å². The first-order valence-electron chi connectivity index (χ1n) is 10.6. The molecule has 2 aromatic carbocycles. The molecule has 0 unspecified atom stereocenters. The zero-order chi connectivity index (χ0) is 24.6. The molecular formula is C25H19Cl2N5O2S. The normalized spacial score (nSPS) is 11.7. The van der Waals surface area contributed by atoms with E-state index in [0.717, 1.165) is 22.3 Å². The van der Waals surface area contributed by atoms with Crippen LogP contribution >= 0.6 is 23.2 Å². The zero-order valence-electron chi connectivity index (χ0n) is 18.3. The van der Waals surface area contributed by atoms with Crippen LogP contribution in [-0.2, 0) is 23.0 Å². The second kappa shape index (κ2) is 9.39. The van der Waals surface area contributed by atoms with Crippen molar-refractivity contribution >= 4 is 44.3 Å². The molecule has 0 aliphatic rings. The Hall–Kier alpha value is -3.30. The summed E-state index contributed by atoms with van der Waals surface area (Å²) in [5, 5.41) is 1.62. The fourth-order valence-corrected chi connectivity index (χ4v) is 5.58. The Morgan fingerprint density at radius 1 is 0.857 bits per heavy atom. The summed E-state index contributed by atoms with van der Waals surface area (Å²) in [7, 11) is -3.85. The molecule has 2 N–H and O–H groups in total. The highest BCUT2D eigenvalue weighted by Gasteiger charge is 2.22. The molecule has 5 rings (SSSR count). The number of nitrogens with two attached hydrogens (primary N) is 1. The molecule has 10 heteroatoms. The van der Waals surface area contributed by atoms with Gasteiger partial charge in [0.1, 0.15) is 0 Å². The van der Waals surface area contributed by atoms with Gasteiger partial charge in [-0.3, -0.25) is 0 Å². The van der Waals surface area contributed by atoms with Crippen molar-refractivity contribution in [3.63, 3.8) is 0 Å². The molecule has 0 radical (unpaired) electrons. The number of fused-ring (bicyclic) bond motifs is 1. The minimum Gasteiger partial charge on any atom is -0.326 e. The van der Waals surface area contributed by atoms with Crippen LogP contribution in [0.2, 0.25) is 10.0 Å². The molecule has 7 nitrogen and oxygen atoms in total. The Morgan fingerprint density at radius 3 is 2.31 bits per heavy atom. The Labute approximate surface area is 212 Å². The predicted molar refractivity (Wildman–Crippen MR) is 137 cm³/mol. The first-order valence-corrected chi connectivity index (χ1v) is 12.8. The van der Waals surface area contributed by atoms with Crippen molar-refractivity contribution in [3.05, 3.63) is 106 Å². The largest absolute Gasteiger partial charge is 0.326 e. The second-order valence-corrected chi connectivity index (χ2v) is 10.6. The van der Waals surface area contributed by atoms with Crippen molar-refractivity contribution in [1.29, 1.82) is 0 Å². The molecule has 5 aromatic rings. The Kier molecular flexibility index (Phi) is 6.29. The zero-order valence-corrected chi connectivity index (χ0v) is 20.6. The van der Waals surface area contributed by atoms with Gasteiger partial charge in [-0.15, -0.1) is 0 Å². The minimum atomic E-state index is -3.85. The number of rotatable bonds is 6. The molecule has 0 saturated carbocycles. The Bertz CT molecular complexity index is 1640. The van der Waals surface area contributed by atoms with Gasteiger partial charge in [0, 0.05) is 53.7 Å². The summed E-state index contributed by atoms with van der Waals surface area (Å²) in [6, 6.07) is 15.4. The number of nitrogens with zero attached hydrogens (tertiary/aromatic N) is 4. The van der Waals surface area contributed by atoms with Crippen LogP contribution in [0.25, 0.3) is 22.4 Å². The summed E-state index contributed by atoms with van der Waals surface area (Å²) in [6.07, 6.45) is 6.80. The molecule has 176 valence electrons. The number of benzene rings is 2. The third kappa shape index (κ3) is 4.53. The van der Waals surface area contributed by atoms with E-state index in [-0.39, 0.29) is 4.90 Å². The lowest BCUT2D eigenvalue weighted by atomic mass is 10.1. The number of aromatic nitrogens is 4. The molecule has 0 aliphatic heterocycles. The average Bonchev–Trinajstić information content (AvgIpc) is 3.23. The van der Waals surface area contributed by atoms with Crippen LogP contribution in [0, 0.1) is 0 Å². The minimum absolute atomic E-state index is 0.171. The lowest BCUT2D eigenvalue weighted by Crippen LogP contribution is -2.12. The van der Waals surface area contributed by atoms with Crippen LogP contribution in [0.3, 0.4) is 0 Å². The van der Waals surface area contributed by atoms with Gasteiger partial charge in [-0.1, -0.05) is 47.5 Å². The van der Waals surface area contributed by atoms with Crippen molar-refractivity contribution in [3.8, 4) is 11.4 Å². The highest BCUT2D eigenvalue weighted by Crippen LogP contribution is 2.29. The fourth-order valence-electron chi connectivity index (χ4n) is 3.89. The number of pyridine rings is 1. The van der Waals surface area contributed by atoms with Gasteiger partial charge in [0.25, 0.3) is 10.0 Å². The standard InChI is InChI=1S/C25H19Cl2N5O2S/c26-19-7-6-17(11-28)22(9-19)24-29-12-16(13-30-24)8-18-15-32(25-23(18)10-20(27)14-31-25)35(33,34)21-4-2-1-3-5-21/h1-7,9-10,12-15H,8,11,28H2. The number of hydrogen-bond donors (Lipinski definition) is 1. The van der Waals surface area contributed by atoms with Gasteiger partial charge < -0.3 is 5.73 Å². The van der Waals surface area contributed by atoms with Gasteiger partial charge in [-0.05, 0) is 47.0 Å². The maximum absolute atomic E-state index is 13.3. The molecule has 35 heavy (non-hydrogen) atoms. The maximum Gasteiger partial charge on any atom is 0.269 e. The summed E-state index contributed by atoms with van der Waals surface area (Å²) in [4.78, 5) is 13.5. The van der Waals surface area contributed by atoms with Gasteiger partial charge in [-0.2, -0.15) is 0 Å². The summed E-state index contributed by atoms with van der Waals surface area (Å²) >= 11 is 12.3. The fraction of sp³-hybridized carbons (Fsp3) is 0.0800. The van der Waals surface area contributed by atoms with E-state index < -0.39 is 10.0 Å². The monoisotopic (exact) mass is 523 g/mol. The quantitative estimate of drug-likeness (QED) is 0.332. The van der Waals surface area contributed by atoms with E-state index >= 15 is 0 Å². The number of hydrogen-bond acceptors (Lipinski definition) is 6. The van der Waals surface area contributed by atoms with Crippen molar-refractivity contribution in [2.45, 2.75) is 17.9 Å². The van der Waals surface area contributed by atoms with E-state index in [1.165, 1.54) is 10.2 Å². The summed E-state index contributed by atoms with van der Waals surface area (Å²) in [6.45, 7) is 0.334. The van der Waals surface area contributed by atoms with Crippen LogP contribution < -0.4 is 5.73 Å². The van der Waals surface area contributed by atoms with Gasteiger partial charge in [0.15, 0.2) is 11.5 Å². The van der Waals surface area contributed by atoms with Crippen LogP contribution in [0.4, 0.5) is 0 Å². The van der Waals surface area contributed by atoms with Gasteiger partial charge in [0.05, 0.1) is 9.92 Å². The lowest BCUT2D eigenvalue weighted by Gasteiger charge is -2.08. The first-order chi connectivity index (χ1) is 16.9. The summed E-state index contributed by atoms with van der Waals surface area (Å²) in [5.41, 5.74) is 9.33. The molecule has 0 atom stereocenters. The molecule has 0 aliphatic carbocycles. The highest BCUT2D eigenvalue weighted by atomic mass is 35.5. The lowest BCUT2D eigenvalue weighted by molar-refractivity contribution is 0.588.